The molecule has 1 aliphatic heterocycles. The van der Waals surface area contributed by atoms with E-state index in [1.54, 1.807) is 91.1 Å². The van der Waals surface area contributed by atoms with E-state index in [-0.39, 0.29) is 42.6 Å². The van der Waals surface area contributed by atoms with Crippen LogP contribution in [0.5, 0.6) is 0 Å². The van der Waals surface area contributed by atoms with E-state index in [4.69, 9.17) is 33.5 Å². The second kappa shape index (κ2) is 48.6. The van der Waals surface area contributed by atoms with Crippen molar-refractivity contribution in [2.45, 2.75) is 164 Å². The van der Waals surface area contributed by atoms with Gasteiger partial charge in [-0.15, -0.1) is 0 Å². The van der Waals surface area contributed by atoms with Gasteiger partial charge in [-0.05, 0) is 110 Å². The van der Waals surface area contributed by atoms with Gasteiger partial charge in [-0.1, -0.05) is 91.3 Å². The number of carboxylic acid groups (broad SMARTS) is 4. The number of aliphatic hydroxyl groups excluding tert-OH is 1. The van der Waals surface area contributed by atoms with Crippen LogP contribution < -0.4 is 91.6 Å². The lowest BCUT2D eigenvalue weighted by molar-refractivity contribution is -0.156. The van der Waals surface area contributed by atoms with Gasteiger partial charge in [0.1, 0.15) is 72.6 Å². The molecule has 0 radical (unpaired) electrons. The third kappa shape index (κ3) is 30.7. The number of benzene rings is 5. The fraction of sp³-hybridized carbons (Fsp3) is 0.360. The second-order valence-corrected chi connectivity index (χ2v) is 31.5. The van der Waals surface area contributed by atoms with Crippen LogP contribution in [0.25, 0.3) is 32.9 Å². The highest BCUT2D eigenvalue weighted by molar-refractivity contribution is 6.30. The molecule has 2 aromatic heterocycles. The zero-order chi connectivity index (χ0) is 97.6. The highest BCUT2D eigenvalue weighted by Crippen LogP contribution is 2.26. The van der Waals surface area contributed by atoms with Gasteiger partial charge < -0.3 is 132 Å². The van der Waals surface area contributed by atoms with Gasteiger partial charge in [-0.2, -0.15) is 0 Å². The number of esters is 1. The highest BCUT2D eigenvalue weighted by atomic mass is 35.5. The number of carbonyl (C=O) groups excluding carboxylic acids is 17. The van der Waals surface area contributed by atoms with Crippen molar-refractivity contribution in [2.75, 3.05) is 32.0 Å². The van der Waals surface area contributed by atoms with Gasteiger partial charge >= 0.3 is 29.8 Å². The minimum absolute atomic E-state index is 0.0148. The molecular formula is C86H100ClN19O27. The predicted molar refractivity (Wildman–Crippen MR) is 468 cm³/mol. The summed E-state index contributed by atoms with van der Waals surface area (Å²) in [4.78, 5) is 298. The molecule has 47 heteroatoms. The summed E-state index contributed by atoms with van der Waals surface area (Å²) in [5, 5.41) is 83.2. The van der Waals surface area contributed by atoms with Crippen molar-refractivity contribution >= 4 is 163 Å². The molecule has 0 bridgehead atoms. The van der Waals surface area contributed by atoms with Crippen molar-refractivity contribution in [1.29, 1.82) is 0 Å². The Morgan fingerprint density at radius 2 is 1.01 bits per heavy atom. The molecule has 0 saturated carbocycles. The van der Waals surface area contributed by atoms with Crippen LogP contribution in [0.3, 0.4) is 0 Å². The van der Waals surface area contributed by atoms with E-state index >= 15 is 14.4 Å². The van der Waals surface area contributed by atoms with E-state index in [1.807, 2.05) is 16.0 Å². The zero-order valence-corrected chi connectivity index (χ0v) is 72.3. The fourth-order valence-electron chi connectivity index (χ4n) is 13.9. The number of ether oxygens (including phenoxy) is 1. The standard InChI is InChI=1S/C86H100ClN19O27/c1-40(27-68(112)113)72-85(131)104-62(30-64(108)51-13-4-7-14-52(51)88)86(132)133-42(3)73(106-82(128)61(34-71(118)119)103-81(127)58(31-65(90)109)101-80(126)57(29-47-36-93-55-16-9-6-12-50(47)55)100-75(121)45-20-18-43(19-21-45)44-22-24-48(87)25-23-44)84(130)95-38-66(110)97-56(17-10-26-91-76(122)53(89)28-46-35-92-54-15-8-5-11-49(46)54)78(124)102-60(33-70(116)117)79(125)96-41(2)74(120)99-59(32-69(114)115)77(123)94-37-67(111)98-63(39-107)83(129)105-72/h4-9,11-16,18-25,35-36,40-42,53,56-63,72-73,92-93,107H,10,17,26-34,37-39,88-89H2,1-3H3,(H2,90,109)(H,91,122)(H,94,123)(H,95,130)(H,96,125)(H,97,110)(H,98,111)(H,99,120)(H,100,121)(H,101,126)(H,102,124)(H,103,127)(H,104,131)(H,105,129)(H,106,128)(H,112,113)(H,114,115)(H,116,117)(H,118,119). The molecule has 0 spiro atoms. The number of rotatable bonds is 33. The number of para-hydroxylation sites is 3. The van der Waals surface area contributed by atoms with E-state index in [0.29, 0.717) is 32.6 Å². The number of amides is 15. The molecule has 5 aromatic carbocycles. The molecule has 7 aromatic rings. The molecule has 8 rings (SSSR count). The molecule has 1 aliphatic rings. The number of nitrogens with one attached hydrogen (secondary N) is 16. The molecule has 14 unspecified atom stereocenters. The Balaban J connectivity index is 1.16. The molecule has 3 heterocycles. The van der Waals surface area contributed by atoms with Gasteiger partial charge in [-0.25, -0.2) is 4.79 Å². The number of aliphatic hydroxyl groups is 1. The van der Waals surface area contributed by atoms with E-state index in [0.717, 1.165) is 37.2 Å². The van der Waals surface area contributed by atoms with Crippen molar-refractivity contribution in [1.82, 2.24) is 84.4 Å². The Morgan fingerprint density at radius 1 is 0.504 bits per heavy atom. The number of aliphatic carboxylic acids is 4. The SMILES string of the molecule is CC1NC(=O)C(CC(=O)O)NC(=O)C(CCCNC(=O)C(N)Cc2c[nH]c3ccccc23)NC(=O)CNC(=O)C(NC(=O)C(CC(=O)O)NC(=O)C(CC(N)=O)NC(=O)C(Cc2c[nH]c3ccccc23)NC(=O)c2ccc(-c3ccc(Cl)cc3)cc2)C(C)OC(=O)C(CC(=O)c2ccccc2N)NC(=O)C(C(C)CC(=O)O)NC(=O)C(CO)NC(=O)CNC(=O)C(CC(=O)O)NC1=O. The van der Waals surface area contributed by atoms with Crippen LogP contribution in [-0.4, -0.2) is 265 Å². The van der Waals surface area contributed by atoms with Crippen LogP contribution in [0, 0.1) is 5.92 Å². The summed E-state index contributed by atoms with van der Waals surface area (Å²) in [5.41, 5.74) is 21.4. The maximum atomic E-state index is 15.1. The number of Topliss-reactive ketones (excluding diaryl/α,β-unsaturated/α-hetero) is 1. The third-order valence-electron chi connectivity index (χ3n) is 20.9. The zero-order valence-electron chi connectivity index (χ0n) is 71.5. The lowest BCUT2D eigenvalue weighted by Gasteiger charge is -2.30. The maximum Gasteiger partial charge on any atom is 0.329 e. The Bertz CT molecular complexity index is 5550. The molecule has 14 atom stereocenters. The molecule has 1 saturated heterocycles. The number of H-pyrrole nitrogens is 2. The predicted octanol–water partition coefficient (Wildman–Crippen LogP) is -3.92. The number of aromatic nitrogens is 2. The van der Waals surface area contributed by atoms with Gasteiger partial charge in [0.05, 0.1) is 57.8 Å². The number of nitrogen functional groups attached to an aromatic ring is 1. The van der Waals surface area contributed by atoms with Gasteiger partial charge in [-0.3, -0.25) is 95.9 Å². The van der Waals surface area contributed by atoms with E-state index in [2.05, 4.69) is 68.5 Å². The minimum Gasteiger partial charge on any atom is -0.481 e. The number of carbonyl (C=O) groups is 21. The van der Waals surface area contributed by atoms with Crippen LogP contribution >= 0.6 is 11.6 Å². The number of cyclic esters (lactones) is 1. The number of nitrogens with two attached hydrogens (primary N) is 3. The molecule has 708 valence electrons. The molecule has 46 nitrogen and oxygen atoms in total. The smallest absolute Gasteiger partial charge is 0.329 e. The lowest BCUT2D eigenvalue weighted by atomic mass is 9.96. The quantitative estimate of drug-likeness (QED) is 0.00809. The van der Waals surface area contributed by atoms with Gasteiger partial charge in [0.2, 0.25) is 82.7 Å². The fourth-order valence-corrected chi connectivity index (χ4v) is 14.0. The summed E-state index contributed by atoms with van der Waals surface area (Å²) in [6, 6.07) is 7.22. The number of anilines is 1. The Kier molecular flexibility index (Phi) is 37.5. The van der Waals surface area contributed by atoms with Crippen molar-refractivity contribution in [3.8, 4) is 11.1 Å². The van der Waals surface area contributed by atoms with Crippen molar-refractivity contribution in [2.24, 2.45) is 17.4 Å². The lowest BCUT2D eigenvalue weighted by Crippen LogP contribution is -2.62. The Morgan fingerprint density at radius 3 is 1.58 bits per heavy atom. The summed E-state index contributed by atoms with van der Waals surface area (Å²) in [5.74, 6) is -31.6. The van der Waals surface area contributed by atoms with Crippen molar-refractivity contribution in [3.05, 3.63) is 161 Å². The Hall–Kier alpha value is -15.7. The molecule has 133 heavy (non-hydrogen) atoms. The summed E-state index contributed by atoms with van der Waals surface area (Å²) in [6.45, 7) is -1.30. The normalized spacial score (nSPS) is 20.1. The summed E-state index contributed by atoms with van der Waals surface area (Å²) >= 11 is 6.10. The van der Waals surface area contributed by atoms with E-state index in [1.165, 1.54) is 42.6 Å². The summed E-state index contributed by atoms with van der Waals surface area (Å²) in [6.07, 6.45) is -7.50. The van der Waals surface area contributed by atoms with E-state index in [9.17, 15) is 112 Å². The Labute approximate surface area is 760 Å². The first kappa shape index (κ1) is 103. The minimum atomic E-state index is -2.53. The monoisotopic (exact) mass is 1870 g/mol. The van der Waals surface area contributed by atoms with E-state index < -0.39 is 273 Å². The maximum absolute atomic E-state index is 15.1. The number of hydrogen-bond donors (Lipinski definition) is 24. The van der Waals surface area contributed by atoms with Crippen LogP contribution in [0.15, 0.2) is 134 Å². The molecular weight excluding hydrogens is 1770 g/mol. The number of fused-ring (bicyclic) bond motifs is 2. The first-order valence-corrected chi connectivity index (χ1v) is 41.7. The van der Waals surface area contributed by atoms with Crippen molar-refractivity contribution in [3.63, 3.8) is 0 Å². The summed E-state index contributed by atoms with van der Waals surface area (Å²) < 4.78 is 5.74. The number of hydrogen-bond acceptors (Lipinski definition) is 25. The topological polar surface area (TPSA) is 747 Å². The molecule has 27 N–H and O–H groups in total. The van der Waals surface area contributed by atoms with Crippen LogP contribution in [-0.2, 0) is 109 Å². The average Bonchev–Trinajstić information content (AvgIpc) is 1.64. The van der Waals surface area contributed by atoms with Crippen LogP contribution in [0.2, 0.25) is 5.02 Å². The largest absolute Gasteiger partial charge is 0.481 e. The first-order chi connectivity index (χ1) is 63.1. The van der Waals surface area contributed by atoms with Gasteiger partial charge in [0.25, 0.3) is 5.91 Å². The van der Waals surface area contributed by atoms with Crippen LogP contribution in [0.4, 0.5) is 5.69 Å². The number of aromatic amines is 2. The van der Waals surface area contributed by atoms with Crippen LogP contribution in [0.1, 0.15) is 104 Å². The number of carboxylic acids is 4. The third-order valence-corrected chi connectivity index (χ3v) is 21.1. The molecule has 0 aliphatic carbocycles. The van der Waals surface area contributed by atoms with Crippen molar-refractivity contribution < 1.29 is 131 Å². The summed E-state index contributed by atoms with van der Waals surface area (Å²) in [7, 11) is 0. The molecule has 1 fully saturated rings. The second-order valence-electron chi connectivity index (χ2n) is 31.0. The molecule has 15 amide bonds. The highest BCUT2D eigenvalue weighted by Gasteiger charge is 2.42. The first-order valence-electron chi connectivity index (χ1n) is 41.3. The van der Waals surface area contributed by atoms with Gasteiger partial charge in [0.15, 0.2) is 5.78 Å². The number of ketones is 1. The average molecular weight is 1870 g/mol. The number of halogens is 1. The number of primary amides is 1. The van der Waals surface area contributed by atoms with Gasteiger partial charge in [0, 0.05) is 75.4 Å².